The maximum Gasteiger partial charge on any atom is 0.303 e. The second-order valence-electron chi connectivity index (χ2n) is 3.61. The highest BCUT2D eigenvalue weighted by Gasteiger charge is 2.04. The van der Waals surface area contributed by atoms with Gasteiger partial charge in [-0.1, -0.05) is 12.1 Å². The van der Waals surface area contributed by atoms with E-state index in [4.69, 9.17) is 10.2 Å². The summed E-state index contributed by atoms with van der Waals surface area (Å²) in [6.07, 6.45) is 0.458. The van der Waals surface area contributed by atoms with E-state index in [1.54, 1.807) is 24.3 Å². The van der Waals surface area contributed by atoms with Crippen LogP contribution in [0.5, 0.6) is 0 Å². The normalized spacial score (nSPS) is 9.94. The van der Waals surface area contributed by atoms with Crippen molar-refractivity contribution in [2.24, 2.45) is 0 Å². The minimum Gasteiger partial charge on any atom is -0.481 e. The predicted molar refractivity (Wildman–Crippen MR) is 61.6 cm³/mol. The number of hydrogen-bond donors (Lipinski definition) is 3. The number of carbonyl (C=O) groups excluding carboxylic acids is 1. The lowest BCUT2D eigenvalue weighted by Gasteiger charge is -2.04. The molecule has 0 heterocycles. The Hall–Kier alpha value is -1.88. The van der Waals surface area contributed by atoms with Gasteiger partial charge in [-0.25, -0.2) is 0 Å². The maximum atomic E-state index is 11.6. The zero-order valence-corrected chi connectivity index (χ0v) is 9.35. The predicted octanol–water partition coefficient (Wildman–Crippen LogP) is 0.773. The lowest BCUT2D eigenvalue weighted by molar-refractivity contribution is -0.137. The van der Waals surface area contributed by atoms with Gasteiger partial charge in [0.15, 0.2) is 0 Å². The third kappa shape index (κ3) is 4.65. The third-order valence-electron chi connectivity index (χ3n) is 2.25. The largest absolute Gasteiger partial charge is 0.481 e. The Kier molecular flexibility index (Phi) is 5.16. The van der Waals surface area contributed by atoms with Crippen LogP contribution in [0.25, 0.3) is 0 Å². The molecule has 5 heteroatoms. The van der Waals surface area contributed by atoms with Crippen molar-refractivity contribution in [1.82, 2.24) is 5.32 Å². The van der Waals surface area contributed by atoms with Crippen LogP contribution >= 0.6 is 0 Å². The highest BCUT2D eigenvalue weighted by Crippen LogP contribution is 2.04. The standard InChI is InChI=1S/C12H15NO4/c14-8-9-3-5-10(6-4-9)12(17)13-7-1-2-11(15)16/h3-6,14H,1-2,7-8H2,(H,13,17)(H,15,16). The molecule has 0 spiro atoms. The summed E-state index contributed by atoms with van der Waals surface area (Å²) < 4.78 is 0. The summed E-state index contributed by atoms with van der Waals surface area (Å²) in [5.41, 5.74) is 1.24. The van der Waals surface area contributed by atoms with Crippen LogP contribution in [0, 0.1) is 0 Å². The van der Waals surface area contributed by atoms with Gasteiger partial charge in [-0.15, -0.1) is 0 Å². The molecule has 1 amide bonds. The Balaban J connectivity index is 2.38. The lowest BCUT2D eigenvalue weighted by atomic mass is 10.1. The lowest BCUT2D eigenvalue weighted by Crippen LogP contribution is -2.24. The maximum absolute atomic E-state index is 11.6. The van der Waals surface area contributed by atoms with Crippen LogP contribution in [0.2, 0.25) is 0 Å². The van der Waals surface area contributed by atoms with Gasteiger partial charge in [-0.05, 0) is 24.1 Å². The average Bonchev–Trinajstić information content (AvgIpc) is 2.34. The number of benzene rings is 1. The first-order chi connectivity index (χ1) is 8.13. The van der Waals surface area contributed by atoms with Gasteiger partial charge in [0.2, 0.25) is 0 Å². The highest BCUT2D eigenvalue weighted by molar-refractivity contribution is 5.94. The molecule has 0 aliphatic carbocycles. The molecule has 0 aliphatic rings. The van der Waals surface area contributed by atoms with Crippen molar-refractivity contribution in [2.75, 3.05) is 6.54 Å². The number of aliphatic hydroxyl groups is 1. The van der Waals surface area contributed by atoms with Gasteiger partial charge in [0.05, 0.1) is 6.61 Å². The zero-order valence-electron chi connectivity index (χ0n) is 9.35. The first-order valence-corrected chi connectivity index (χ1v) is 5.33. The van der Waals surface area contributed by atoms with E-state index in [0.717, 1.165) is 5.56 Å². The molecule has 5 nitrogen and oxygen atoms in total. The van der Waals surface area contributed by atoms with Gasteiger partial charge in [-0.3, -0.25) is 9.59 Å². The Morgan fingerprint density at radius 1 is 1.18 bits per heavy atom. The highest BCUT2D eigenvalue weighted by atomic mass is 16.4. The molecule has 1 rings (SSSR count). The second kappa shape index (κ2) is 6.65. The number of carboxylic acid groups (broad SMARTS) is 1. The van der Waals surface area contributed by atoms with E-state index in [2.05, 4.69) is 5.32 Å². The Morgan fingerprint density at radius 2 is 1.82 bits per heavy atom. The van der Waals surface area contributed by atoms with E-state index in [1.165, 1.54) is 0 Å². The summed E-state index contributed by atoms with van der Waals surface area (Å²) in [7, 11) is 0. The van der Waals surface area contributed by atoms with Crippen molar-refractivity contribution in [3.8, 4) is 0 Å². The van der Waals surface area contributed by atoms with Crippen molar-refractivity contribution in [3.05, 3.63) is 35.4 Å². The molecular weight excluding hydrogens is 222 g/mol. The number of hydrogen-bond acceptors (Lipinski definition) is 3. The molecule has 0 saturated carbocycles. The Labute approximate surface area is 99.1 Å². The van der Waals surface area contributed by atoms with Crippen molar-refractivity contribution >= 4 is 11.9 Å². The summed E-state index contributed by atoms with van der Waals surface area (Å²) in [4.78, 5) is 21.8. The van der Waals surface area contributed by atoms with Crippen LogP contribution in [0.4, 0.5) is 0 Å². The molecule has 0 aliphatic heterocycles. The van der Waals surface area contributed by atoms with E-state index in [0.29, 0.717) is 18.5 Å². The van der Waals surface area contributed by atoms with Gasteiger partial charge < -0.3 is 15.5 Å². The number of aliphatic hydroxyl groups excluding tert-OH is 1. The minimum absolute atomic E-state index is 0.0454. The number of carbonyl (C=O) groups is 2. The van der Waals surface area contributed by atoms with E-state index in [9.17, 15) is 9.59 Å². The molecular formula is C12H15NO4. The van der Waals surface area contributed by atoms with Crippen LogP contribution in [0.1, 0.15) is 28.8 Å². The van der Waals surface area contributed by atoms with E-state index in [1.807, 2.05) is 0 Å². The van der Waals surface area contributed by atoms with Crippen LogP contribution < -0.4 is 5.32 Å². The summed E-state index contributed by atoms with van der Waals surface area (Å²) in [6, 6.07) is 6.59. The van der Waals surface area contributed by atoms with Crippen molar-refractivity contribution < 1.29 is 19.8 Å². The summed E-state index contributed by atoms with van der Waals surface area (Å²) in [5.74, 6) is -1.11. The monoisotopic (exact) mass is 237 g/mol. The second-order valence-corrected chi connectivity index (χ2v) is 3.61. The van der Waals surface area contributed by atoms with Crippen molar-refractivity contribution in [3.63, 3.8) is 0 Å². The molecule has 0 unspecified atom stereocenters. The fourth-order valence-corrected chi connectivity index (χ4v) is 1.31. The van der Waals surface area contributed by atoms with Crippen LogP contribution in [0.3, 0.4) is 0 Å². The topological polar surface area (TPSA) is 86.6 Å². The molecule has 0 radical (unpaired) electrons. The smallest absolute Gasteiger partial charge is 0.303 e. The molecule has 0 bridgehead atoms. The van der Waals surface area contributed by atoms with E-state index in [-0.39, 0.29) is 18.9 Å². The summed E-state index contributed by atoms with van der Waals surface area (Å²) in [5, 5.41) is 19.9. The SMILES string of the molecule is O=C(O)CCCNC(=O)c1ccc(CO)cc1. The number of nitrogens with one attached hydrogen (secondary N) is 1. The van der Waals surface area contributed by atoms with Crippen LogP contribution in [-0.4, -0.2) is 28.6 Å². The van der Waals surface area contributed by atoms with Gasteiger partial charge in [0, 0.05) is 18.5 Å². The quantitative estimate of drug-likeness (QED) is 0.638. The fraction of sp³-hybridized carbons (Fsp3) is 0.333. The molecule has 0 aromatic heterocycles. The van der Waals surface area contributed by atoms with Gasteiger partial charge >= 0.3 is 5.97 Å². The molecule has 3 N–H and O–H groups in total. The van der Waals surface area contributed by atoms with Crippen LogP contribution in [0.15, 0.2) is 24.3 Å². The van der Waals surface area contributed by atoms with Crippen LogP contribution in [-0.2, 0) is 11.4 Å². The number of carboxylic acids is 1. The summed E-state index contributed by atoms with van der Waals surface area (Å²) in [6.45, 7) is 0.285. The molecule has 92 valence electrons. The average molecular weight is 237 g/mol. The first kappa shape index (κ1) is 13.2. The summed E-state index contributed by atoms with van der Waals surface area (Å²) >= 11 is 0. The molecule has 17 heavy (non-hydrogen) atoms. The minimum atomic E-state index is -0.869. The molecule has 1 aromatic rings. The first-order valence-electron chi connectivity index (χ1n) is 5.33. The van der Waals surface area contributed by atoms with Gasteiger partial charge in [0.1, 0.15) is 0 Å². The fourth-order valence-electron chi connectivity index (χ4n) is 1.31. The number of rotatable bonds is 6. The Morgan fingerprint density at radius 3 is 2.35 bits per heavy atom. The molecule has 1 aromatic carbocycles. The molecule has 0 atom stereocenters. The van der Waals surface area contributed by atoms with Crippen molar-refractivity contribution in [2.45, 2.75) is 19.4 Å². The number of aliphatic carboxylic acids is 1. The van der Waals surface area contributed by atoms with Gasteiger partial charge in [-0.2, -0.15) is 0 Å². The van der Waals surface area contributed by atoms with Crippen molar-refractivity contribution in [1.29, 1.82) is 0 Å². The van der Waals surface area contributed by atoms with E-state index >= 15 is 0 Å². The van der Waals surface area contributed by atoms with E-state index < -0.39 is 5.97 Å². The number of amides is 1. The Bertz CT molecular complexity index is 386. The third-order valence-corrected chi connectivity index (χ3v) is 2.25. The molecule has 0 fully saturated rings. The molecule has 0 saturated heterocycles. The van der Waals surface area contributed by atoms with Gasteiger partial charge in [0.25, 0.3) is 5.91 Å². The zero-order chi connectivity index (χ0) is 12.7.